The van der Waals surface area contributed by atoms with E-state index in [1.165, 1.54) is 34.7 Å². The largest absolute Gasteiger partial charge is 0.370 e. The van der Waals surface area contributed by atoms with Crippen LogP contribution in [0.2, 0.25) is 0 Å². The van der Waals surface area contributed by atoms with Gasteiger partial charge >= 0.3 is 0 Å². The van der Waals surface area contributed by atoms with Crippen molar-refractivity contribution in [1.82, 2.24) is 5.32 Å². The molecule has 0 unspecified atom stereocenters. The van der Waals surface area contributed by atoms with Gasteiger partial charge in [-0.05, 0) is 36.5 Å². The summed E-state index contributed by atoms with van der Waals surface area (Å²) in [7, 11) is 0. The summed E-state index contributed by atoms with van der Waals surface area (Å²) in [5.74, 6) is -0.431. The predicted molar refractivity (Wildman–Crippen MR) is 108 cm³/mol. The van der Waals surface area contributed by atoms with E-state index in [9.17, 15) is 14.9 Å². The first-order chi connectivity index (χ1) is 13.5. The molecule has 0 bridgehead atoms. The molecule has 2 aromatic rings. The minimum atomic E-state index is -0.516. The first kappa shape index (κ1) is 19.9. The molecule has 0 aliphatic carbocycles. The van der Waals surface area contributed by atoms with E-state index < -0.39 is 10.8 Å². The zero-order valence-electron chi connectivity index (χ0n) is 15.1. The fourth-order valence-electron chi connectivity index (χ4n) is 2.90. The highest BCUT2D eigenvalue weighted by Gasteiger charge is 2.14. The average Bonchev–Trinajstić information content (AvgIpc) is 2.70. The predicted octanol–water partition coefficient (Wildman–Crippen LogP) is 1.14. The van der Waals surface area contributed by atoms with Gasteiger partial charge in [0.25, 0.3) is 11.6 Å². The van der Waals surface area contributed by atoms with Gasteiger partial charge in [-0.2, -0.15) is 0 Å². The van der Waals surface area contributed by atoms with Crippen LogP contribution in [0, 0.1) is 10.1 Å². The van der Waals surface area contributed by atoms with E-state index in [2.05, 4.69) is 10.6 Å². The van der Waals surface area contributed by atoms with E-state index in [1.54, 1.807) is 0 Å². The number of benzene rings is 2. The van der Waals surface area contributed by atoms with Crippen molar-refractivity contribution >= 4 is 34.6 Å². The number of carbonyl (C=O) groups is 1. The van der Waals surface area contributed by atoms with Crippen molar-refractivity contribution < 1.29 is 19.4 Å². The highest BCUT2D eigenvalue weighted by molar-refractivity contribution is 7.80. The normalized spacial score (nSPS) is 14.3. The highest BCUT2D eigenvalue weighted by Crippen LogP contribution is 2.12. The van der Waals surface area contributed by atoms with Crippen LogP contribution in [-0.4, -0.2) is 42.2 Å². The minimum absolute atomic E-state index is 0.0729. The quantitative estimate of drug-likeness (QED) is 0.395. The van der Waals surface area contributed by atoms with Crippen LogP contribution in [0.4, 0.5) is 11.4 Å². The fraction of sp³-hybridized carbons (Fsp3) is 0.263. The molecule has 0 atom stereocenters. The van der Waals surface area contributed by atoms with Crippen LogP contribution in [0.15, 0.2) is 48.5 Å². The third-order valence-electron chi connectivity index (χ3n) is 4.43. The zero-order chi connectivity index (χ0) is 19.9. The van der Waals surface area contributed by atoms with Gasteiger partial charge in [-0.3, -0.25) is 20.2 Å². The maximum absolute atomic E-state index is 12.2. The third kappa shape index (κ3) is 5.56. The van der Waals surface area contributed by atoms with Gasteiger partial charge in [-0.25, -0.2) is 0 Å². The Morgan fingerprint density at radius 2 is 1.75 bits per heavy atom. The molecule has 0 aromatic heterocycles. The molecular formula is C19H21N4O4S+. The lowest BCUT2D eigenvalue weighted by molar-refractivity contribution is -0.921. The lowest BCUT2D eigenvalue weighted by atomic mass is 10.2. The molecular weight excluding hydrogens is 380 g/mol. The molecule has 3 rings (SSSR count). The number of nitrogens with one attached hydrogen (secondary N) is 3. The van der Waals surface area contributed by atoms with E-state index in [0.29, 0.717) is 5.56 Å². The van der Waals surface area contributed by atoms with Crippen molar-refractivity contribution in [3.63, 3.8) is 0 Å². The Morgan fingerprint density at radius 1 is 1.11 bits per heavy atom. The first-order valence-corrected chi connectivity index (χ1v) is 9.29. The smallest absolute Gasteiger partial charge is 0.269 e. The van der Waals surface area contributed by atoms with Crippen molar-refractivity contribution in [2.45, 2.75) is 6.54 Å². The Morgan fingerprint density at radius 3 is 2.36 bits per heavy atom. The molecule has 1 aliphatic heterocycles. The highest BCUT2D eigenvalue weighted by atomic mass is 32.1. The summed E-state index contributed by atoms with van der Waals surface area (Å²) in [4.78, 5) is 23.8. The van der Waals surface area contributed by atoms with Crippen LogP contribution >= 0.6 is 12.2 Å². The number of nitro groups is 1. The van der Waals surface area contributed by atoms with Crippen LogP contribution in [0.5, 0.6) is 0 Å². The van der Waals surface area contributed by atoms with Crippen molar-refractivity contribution in [3.8, 4) is 0 Å². The lowest BCUT2D eigenvalue weighted by Gasteiger charge is -2.23. The standard InChI is InChI=1S/C19H20N4O4S/c24-18(15-3-7-17(8-4-15)23(25)26)21-19(28)20-16-5-1-14(2-6-16)13-22-9-11-27-12-10-22/h1-8H,9-13H2,(H2,20,21,24,28)/p+1. The van der Waals surface area contributed by atoms with Gasteiger partial charge in [0.15, 0.2) is 5.11 Å². The molecule has 0 radical (unpaired) electrons. The van der Waals surface area contributed by atoms with Crippen LogP contribution in [-0.2, 0) is 11.3 Å². The summed E-state index contributed by atoms with van der Waals surface area (Å²) in [5, 5.41) is 16.4. The minimum Gasteiger partial charge on any atom is -0.370 e. The molecule has 1 saturated heterocycles. The third-order valence-corrected chi connectivity index (χ3v) is 4.64. The van der Waals surface area contributed by atoms with Gasteiger partial charge in [0, 0.05) is 28.9 Å². The average molecular weight is 401 g/mol. The molecule has 3 N–H and O–H groups in total. The monoisotopic (exact) mass is 401 g/mol. The van der Waals surface area contributed by atoms with E-state index >= 15 is 0 Å². The number of thiocarbonyl (C=S) groups is 1. The molecule has 28 heavy (non-hydrogen) atoms. The van der Waals surface area contributed by atoms with Crippen LogP contribution in [0.1, 0.15) is 15.9 Å². The molecule has 8 nitrogen and oxygen atoms in total. The number of nitro benzene ring substituents is 1. The Labute approximate surface area is 167 Å². The Bertz CT molecular complexity index is 849. The van der Waals surface area contributed by atoms with E-state index in [0.717, 1.165) is 38.5 Å². The van der Waals surface area contributed by atoms with Gasteiger partial charge in [-0.1, -0.05) is 12.1 Å². The summed E-state index contributed by atoms with van der Waals surface area (Å²) in [6, 6.07) is 13.2. The van der Waals surface area contributed by atoms with Crippen molar-refractivity contribution in [1.29, 1.82) is 0 Å². The molecule has 9 heteroatoms. The summed E-state index contributed by atoms with van der Waals surface area (Å²) in [6.07, 6.45) is 0. The van der Waals surface area contributed by atoms with E-state index in [4.69, 9.17) is 17.0 Å². The SMILES string of the molecule is O=C(NC(=S)Nc1ccc(C[NH+]2CCOCC2)cc1)c1ccc([N+](=O)[O-])cc1. The summed E-state index contributed by atoms with van der Waals surface area (Å²) < 4.78 is 5.37. The van der Waals surface area contributed by atoms with Crippen LogP contribution in [0.3, 0.4) is 0 Å². The number of ether oxygens (including phenoxy) is 1. The lowest BCUT2D eigenvalue weighted by Crippen LogP contribution is -3.12. The zero-order valence-corrected chi connectivity index (χ0v) is 16.0. The van der Waals surface area contributed by atoms with Crippen LogP contribution in [0.25, 0.3) is 0 Å². The van der Waals surface area contributed by atoms with Gasteiger partial charge < -0.3 is 15.0 Å². The Kier molecular flexibility index (Phi) is 6.64. The number of nitrogens with zero attached hydrogens (tertiary/aromatic N) is 1. The number of carbonyl (C=O) groups excluding carboxylic acids is 1. The molecule has 0 saturated carbocycles. The van der Waals surface area contributed by atoms with Crippen molar-refractivity contribution in [2.75, 3.05) is 31.6 Å². The Balaban J connectivity index is 1.51. The maximum atomic E-state index is 12.2. The molecule has 2 aromatic carbocycles. The molecule has 1 heterocycles. The summed E-state index contributed by atoms with van der Waals surface area (Å²) in [5.41, 5.74) is 2.22. The second-order valence-corrected chi connectivity index (χ2v) is 6.86. The Hall–Kier alpha value is -2.88. The second-order valence-electron chi connectivity index (χ2n) is 6.45. The molecule has 0 spiro atoms. The number of hydrogen-bond donors (Lipinski definition) is 3. The van der Waals surface area contributed by atoms with Gasteiger partial charge in [0.1, 0.15) is 19.6 Å². The topological polar surface area (TPSA) is 97.9 Å². The van der Waals surface area contributed by atoms with E-state index in [1.807, 2.05) is 24.3 Å². The van der Waals surface area contributed by atoms with Gasteiger partial charge in [0.05, 0.1) is 18.1 Å². The van der Waals surface area contributed by atoms with E-state index in [-0.39, 0.29) is 10.8 Å². The fourth-order valence-corrected chi connectivity index (χ4v) is 3.11. The molecule has 1 amide bonds. The summed E-state index contributed by atoms with van der Waals surface area (Å²) >= 11 is 5.17. The number of amides is 1. The number of quaternary nitrogens is 1. The number of anilines is 1. The molecule has 146 valence electrons. The number of non-ortho nitro benzene ring substituents is 1. The molecule has 1 fully saturated rings. The molecule has 1 aliphatic rings. The number of hydrogen-bond acceptors (Lipinski definition) is 5. The maximum Gasteiger partial charge on any atom is 0.269 e. The first-order valence-electron chi connectivity index (χ1n) is 8.88. The number of morpholine rings is 1. The summed E-state index contributed by atoms with van der Waals surface area (Å²) in [6.45, 7) is 4.58. The second kappa shape index (κ2) is 9.36. The van der Waals surface area contributed by atoms with Crippen LogP contribution < -0.4 is 15.5 Å². The number of rotatable bonds is 5. The van der Waals surface area contributed by atoms with Crippen molar-refractivity contribution in [2.24, 2.45) is 0 Å². The van der Waals surface area contributed by atoms with Crippen molar-refractivity contribution in [3.05, 3.63) is 69.8 Å². The van der Waals surface area contributed by atoms with Gasteiger partial charge in [0.2, 0.25) is 0 Å². The van der Waals surface area contributed by atoms with Gasteiger partial charge in [-0.15, -0.1) is 0 Å².